The summed E-state index contributed by atoms with van der Waals surface area (Å²) in [4.78, 5) is 12.1. The van der Waals surface area contributed by atoms with Crippen LogP contribution in [0.1, 0.15) is 43.7 Å². The van der Waals surface area contributed by atoms with Crippen LogP contribution < -0.4 is 0 Å². The topological polar surface area (TPSA) is 55.8 Å². The smallest absolute Gasteiger partial charge is 0.314 e. The Hall–Kier alpha value is -1.39. The highest BCUT2D eigenvalue weighted by Gasteiger charge is 2.41. The third-order valence-electron chi connectivity index (χ3n) is 4.23. The Balaban J connectivity index is 2.47. The van der Waals surface area contributed by atoms with Gasteiger partial charge in [-0.2, -0.15) is 0 Å². The molecule has 1 saturated heterocycles. The van der Waals surface area contributed by atoms with Gasteiger partial charge in [0.1, 0.15) is 0 Å². The number of carboxylic acid groups (broad SMARTS) is 1. The molecule has 1 aromatic carbocycles. The van der Waals surface area contributed by atoms with Crippen molar-refractivity contribution in [2.24, 2.45) is 0 Å². The Morgan fingerprint density at radius 2 is 1.67 bits per heavy atom. The van der Waals surface area contributed by atoms with Crippen LogP contribution in [0.2, 0.25) is 0 Å². The fourth-order valence-electron chi connectivity index (χ4n) is 2.97. The normalized spacial score (nSPS) is 19.6. The summed E-state index contributed by atoms with van der Waals surface area (Å²) in [5.41, 5.74) is 1.08. The zero-order valence-electron chi connectivity index (χ0n) is 12.8. The predicted octanol–water partition coefficient (Wildman–Crippen LogP) is 2.96. The summed E-state index contributed by atoms with van der Waals surface area (Å²) in [7, 11) is 0. The fourth-order valence-corrected chi connectivity index (χ4v) is 2.97. The number of carbonyl (C=O) groups is 1. The minimum Gasteiger partial charge on any atom is -0.481 e. The van der Waals surface area contributed by atoms with Gasteiger partial charge in [-0.1, -0.05) is 38.1 Å². The highest BCUT2D eigenvalue weighted by molar-refractivity contribution is 5.82. The Morgan fingerprint density at radius 3 is 2.19 bits per heavy atom. The van der Waals surface area contributed by atoms with Gasteiger partial charge in [0.2, 0.25) is 0 Å². The van der Waals surface area contributed by atoms with Crippen molar-refractivity contribution in [3.05, 3.63) is 35.4 Å². The first-order chi connectivity index (χ1) is 10.1. The van der Waals surface area contributed by atoms with E-state index in [1.807, 2.05) is 24.3 Å². The van der Waals surface area contributed by atoms with E-state index in [-0.39, 0.29) is 5.92 Å². The van der Waals surface area contributed by atoms with Crippen LogP contribution in [-0.2, 0) is 19.7 Å². The summed E-state index contributed by atoms with van der Waals surface area (Å²) in [6.45, 7) is 6.14. The van der Waals surface area contributed by atoms with Crippen LogP contribution >= 0.6 is 0 Å². The largest absolute Gasteiger partial charge is 0.481 e. The standard InChI is InChI=1S/C17H24O4/c1-13(2)14-5-3-4-6-15(14)17(16(18)19)7-9-20-11-12-21-10-8-17/h3-6,13H,7-12H2,1-2H3,(H,18,19). The molecule has 0 spiro atoms. The van der Waals surface area contributed by atoms with Crippen molar-refractivity contribution in [1.82, 2.24) is 0 Å². The molecule has 0 radical (unpaired) electrons. The van der Waals surface area contributed by atoms with Crippen molar-refractivity contribution in [3.63, 3.8) is 0 Å². The Morgan fingerprint density at radius 1 is 1.10 bits per heavy atom. The third-order valence-corrected chi connectivity index (χ3v) is 4.23. The van der Waals surface area contributed by atoms with Gasteiger partial charge in [-0.25, -0.2) is 0 Å². The molecule has 1 aliphatic rings. The van der Waals surface area contributed by atoms with E-state index in [0.717, 1.165) is 11.1 Å². The van der Waals surface area contributed by atoms with Gasteiger partial charge >= 0.3 is 5.97 Å². The monoisotopic (exact) mass is 292 g/mol. The Kier molecular flexibility index (Phi) is 5.37. The summed E-state index contributed by atoms with van der Waals surface area (Å²) < 4.78 is 11.0. The quantitative estimate of drug-likeness (QED) is 0.930. The first-order valence-electron chi connectivity index (χ1n) is 7.56. The van der Waals surface area contributed by atoms with Crippen LogP contribution in [0.4, 0.5) is 0 Å². The minimum absolute atomic E-state index is 0.284. The van der Waals surface area contributed by atoms with Gasteiger partial charge < -0.3 is 14.6 Å². The van der Waals surface area contributed by atoms with Crippen LogP contribution in [0.25, 0.3) is 0 Å². The lowest BCUT2D eigenvalue weighted by Crippen LogP contribution is -2.39. The molecular weight excluding hydrogens is 268 g/mol. The van der Waals surface area contributed by atoms with Gasteiger partial charge in [-0.15, -0.1) is 0 Å². The van der Waals surface area contributed by atoms with Crippen LogP contribution in [-0.4, -0.2) is 37.5 Å². The molecular formula is C17H24O4. The zero-order valence-corrected chi connectivity index (χ0v) is 12.8. The second kappa shape index (κ2) is 7.05. The van der Waals surface area contributed by atoms with Crippen molar-refractivity contribution in [1.29, 1.82) is 0 Å². The van der Waals surface area contributed by atoms with E-state index in [0.29, 0.717) is 39.3 Å². The summed E-state index contributed by atoms with van der Waals surface area (Å²) in [5, 5.41) is 9.95. The maximum atomic E-state index is 12.1. The average molecular weight is 292 g/mol. The van der Waals surface area contributed by atoms with Gasteiger partial charge in [0.15, 0.2) is 0 Å². The van der Waals surface area contributed by atoms with E-state index in [4.69, 9.17) is 9.47 Å². The molecule has 21 heavy (non-hydrogen) atoms. The summed E-state index contributed by atoms with van der Waals surface area (Å²) in [5.74, 6) is -0.503. The molecule has 2 rings (SSSR count). The van der Waals surface area contributed by atoms with Gasteiger partial charge in [-0.05, 0) is 29.9 Å². The highest BCUT2D eigenvalue weighted by Crippen LogP contribution is 2.37. The number of carboxylic acids is 1. The van der Waals surface area contributed by atoms with E-state index in [9.17, 15) is 9.90 Å². The predicted molar refractivity (Wildman–Crippen MR) is 80.7 cm³/mol. The van der Waals surface area contributed by atoms with E-state index >= 15 is 0 Å². The number of ether oxygens (including phenoxy) is 2. The number of rotatable bonds is 3. The van der Waals surface area contributed by atoms with Crippen LogP contribution in [0.5, 0.6) is 0 Å². The van der Waals surface area contributed by atoms with E-state index in [1.54, 1.807) is 0 Å². The van der Waals surface area contributed by atoms with Gasteiger partial charge in [0, 0.05) is 13.2 Å². The van der Waals surface area contributed by atoms with Gasteiger partial charge in [0.25, 0.3) is 0 Å². The average Bonchev–Trinajstić information content (AvgIpc) is 2.59. The van der Waals surface area contributed by atoms with Gasteiger partial charge in [0.05, 0.1) is 18.6 Å². The molecule has 116 valence electrons. The molecule has 0 amide bonds. The maximum absolute atomic E-state index is 12.1. The number of hydrogen-bond donors (Lipinski definition) is 1. The molecule has 0 aromatic heterocycles. The van der Waals surface area contributed by atoms with Crippen LogP contribution in [0.3, 0.4) is 0 Å². The molecule has 1 heterocycles. The molecule has 4 heteroatoms. The minimum atomic E-state index is -0.925. The molecule has 4 nitrogen and oxygen atoms in total. The highest BCUT2D eigenvalue weighted by atomic mass is 16.5. The van der Waals surface area contributed by atoms with Crippen molar-refractivity contribution >= 4 is 5.97 Å². The Labute approximate surface area is 126 Å². The van der Waals surface area contributed by atoms with Crippen molar-refractivity contribution in [2.75, 3.05) is 26.4 Å². The molecule has 1 aromatic rings. The molecule has 0 aliphatic carbocycles. The lowest BCUT2D eigenvalue weighted by atomic mass is 9.72. The van der Waals surface area contributed by atoms with E-state index in [2.05, 4.69) is 13.8 Å². The number of benzene rings is 1. The summed E-state index contributed by atoms with van der Waals surface area (Å²) in [6.07, 6.45) is 0.963. The molecule has 1 aliphatic heterocycles. The first kappa shape index (κ1) is 16.0. The van der Waals surface area contributed by atoms with Crippen LogP contribution in [0.15, 0.2) is 24.3 Å². The third kappa shape index (κ3) is 3.44. The molecule has 0 saturated carbocycles. The molecule has 1 N–H and O–H groups in total. The van der Waals surface area contributed by atoms with Crippen molar-refractivity contribution < 1.29 is 19.4 Å². The second-order valence-corrected chi connectivity index (χ2v) is 5.85. The van der Waals surface area contributed by atoms with Crippen molar-refractivity contribution in [2.45, 2.75) is 38.0 Å². The number of hydrogen-bond acceptors (Lipinski definition) is 3. The van der Waals surface area contributed by atoms with E-state index in [1.165, 1.54) is 0 Å². The SMILES string of the molecule is CC(C)c1ccccc1C1(C(=O)O)CCOCCOCC1. The zero-order chi connectivity index (χ0) is 15.3. The Bertz CT molecular complexity index is 471. The molecule has 0 bridgehead atoms. The molecule has 0 unspecified atom stereocenters. The first-order valence-corrected chi connectivity index (χ1v) is 7.56. The van der Waals surface area contributed by atoms with E-state index < -0.39 is 11.4 Å². The van der Waals surface area contributed by atoms with Crippen LogP contribution in [0, 0.1) is 0 Å². The number of aliphatic carboxylic acids is 1. The summed E-state index contributed by atoms with van der Waals surface area (Å²) >= 11 is 0. The lowest BCUT2D eigenvalue weighted by Gasteiger charge is -2.32. The van der Waals surface area contributed by atoms with Crippen molar-refractivity contribution in [3.8, 4) is 0 Å². The molecule has 1 fully saturated rings. The fraction of sp³-hybridized carbons (Fsp3) is 0.588. The molecule has 0 atom stereocenters. The summed E-state index contributed by atoms with van der Waals surface area (Å²) in [6, 6.07) is 7.86. The van der Waals surface area contributed by atoms with Gasteiger partial charge in [-0.3, -0.25) is 4.79 Å². The lowest BCUT2D eigenvalue weighted by molar-refractivity contribution is -0.145. The second-order valence-electron chi connectivity index (χ2n) is 5.85. The maximum Gasteiger partial charge on any atom is 0.314 e.